The van der Waals surface area contributed by atoms with Gasteiger partial charge < -0.3 is 19.2 Å². The lowest BCUT2D eigenvalue weighted by atomic mass is 9.93. The van der Waals surface area contributed by atoms with Crippen molar-refractivity contribution in [2.45, 2.75) is 57.7 Å². The highest BCUT2D eigenvalue weighted by atomic mass is 16.5. The molecule has 1 aromatic heterocycles. The summed E-state index contributed by atoms with van der Waals surface area (Å²) in [5.74, 6) is 2.49. The first-order chi connectivity index (χ1) is 16.2. The minimum absolute atomic E-state index is 0.130. The van der Waals surface area contributed by atoms with Crippen molar-refractivity contribution >= 4 is 12.4 Å². The summed E-state index contributed by atoms with van der Waals surface area (Å²) in [6, 6.07) is 12.7. The van der Waals surface area contributed by atoms with Crippen LogP contribution in [0.1, 0.15) is 60.9 Å². The normalized spacial score (nSPS) is 21.6. The third-order valence-electron chi connectivity index (χ3n) is 6.94. The maximum atomic E-state index is 13.1. The van der Waals surface area contributed by atoms with E-state index in [1.54, 1.807) is 0 Å². The largest absolute Gasteiger partial charge is 0.483 e. The molecule has 2 fully saturated rings. The Bertz CT molecular complexity index is 913. The van der Waals surface area contributed by atoms with Crippen LogP contribution in [0, 0.1) is 5.92 Å². The molecular formula is C26H34N2O5. The zero-order valence-corrected chi connectivity index (χ0v) is 19.2. The van der Waals surface area contributed by atoms with E-state index in [-0.39, 0.29) is 18.5 Å². The zero-order chi connectivity index (χ0) is 23.0. The highest BCUT2D eigenvalue weighted by molar-refractivity contribution is 5.79. The number of hydrogen-bond acceptors (Lipinski definition) is 5. The molecule has 33 heavy (non-hydrogen) atoms. The fourth-order valence-electron chi connectivity index (χ4n) is 5.12. The van der Waals surface area contributed by atoms with Gasteiger partial charge in [0.25, 0.3) is 6.47 Å². The summed E-state index contributed by atoms with van der Waals surface area (Å²) >= 11 is 0. The number of furan rings is 1. The Kier molecular flexibility index (Phi) is 8.18. The lowest BCUT2D eigenvalue weighted by molar-refractivity contribution is -0.138. The molecule has 5 rings (SSSR count). The molecule has 0 bridgehead atoms. The smallest absolute Gasteiger partial charge is 0.290 e. The van der Waals surface area contributed by atoms with Gasteiger partial charge in [0.15, 0.2) is 0 Å². The number of benzene rings is 1. The summed E-state index contributed by atoms with van der Waals surface area (Å²) in [5.41, 5.74) is 2.71. The van der Waals surface area contributed by atoms with Crippen LogP contribution in [0.3, 0.4) is 0 Å². The van der Waals surface area contributed by atoms with Gasteiger partial charge in [0.1, 0.15) is 17.6 Å². The second-order valence-electron chi connectivity index (χ2n) is 9.09. The van der Waals surface area contributed by atoms with E-state index in [9.17, 15) is 4.79 Å². The Labute approximate surface area is 195 Å². The van der Waals surface area contributed by atoms with Gasteiger partial charge in [-0.2, -0.15) is 0 Å². The maximum absolute atomic E-state index is 13.1. The molecule has 1 amide bonds. The van der Waals surface area contributed by atoms with Crippen molar-refractivity contribution in [3.8, 4) is 0 Å². The molecule has 1 aromatic carbocycles. The third-order valence-corrected chi connectivity index (χ3v) is 6.94. The van der Waals surface area contributed by atoms with Crippen molar-refractivity contribution in [2.75, 3.05) is 26.2 Å². The summed E-state index contributed by atoms with van der Waals surface area (Å²) in [4.78, 5) is 25.9. The average molecular weight is 455 g/mol. The second-order valence-corrected chi connectivity index (χ2v) is 9.09. The molecule has 178 valence electrons. The molecule has 3 aliphatic heterocycles. The Morgan fingerprint density at radius 1 is 1.03 bits per heavy atom. The number of ether oxygens (including phenoxy) is 1. The Morgan fingerprint density at radius 3 is 2.52 bits per heavy atom. The molecule has 2 saturated heterocycles. The van der Waals surface area contributed by atoms with E-state index in [0.717, 1.165) is 83.0 Å². The number of likely N-dealkylation sites (tertiary alicyclic amines) is 1. The van der Waals surface area contributed by atoms with Gasteiger partial charge in [-0.3, -0.25) is 14.5 Å². The minimum atomic E-state index is -0.250. The van der Waals surface area contributed by atoms with Crippen LogP contribution in [0.25, 0.3) is 0 Å². The predicted octanol–water partition coefficient (Wildman–Crippen LogP) is 4.02. The Balaban J connectivity index is 0.000000821. The third kappa shape index (κ3) is 6.03. The molecule has 3 aliphatic rings. The molecule has 1 unspecified atom stereocenters. The zero-order valence-electron chi connectivity index (χ0n) is 19.2. The number of carbonyl (C=O) groups excluding carboxylic acids is 1. The molecule has 0 aliphatic carbocycles. The number of rotatable bonds is 4. The van der Waals surface area contributed by atoms with Gasteiger partial charge in [0, 0.05) is 25.6 Å². The van der Waals surface area contributed by atoms with Crippen molar-refractivity contribution < 1.29 is 23.8 Å². The highest BCUT2D eigenvalue weighted by Crippen LogP contribution is 2.30. The SMILES string of the molecule is O=C(C1CCN(Cc2ccc(C3CCCCO3)o2)CC1)N1CCc2ccccc2C1.O=CO. The number of hydrogen-bond donors (Lipinski definition) is 1. The van der Waals surface area contributed by atoms with Crippen LogP contribution in [-0.2, 0) is 33.8 Å². The quantitative estimate of drug-likeness (QED) is 0.703. The summed E-state index contributed by atoms with van der Waals surface area (Å²) in [6.45, 7) is 4.95. The van der Waals surface area contributed by atoms with E-state index in [2.05, 4.69) is 46.2 Å². The highest BCUT2D eigenvalue weighted by Gasteiger charge is 2.30. The van der Waals surface area contributed by atoms with E-state index < -0.39 is 0 Å². The molecular weight excluding hydrogens is 420 g/mol. The number of amides is 1. The predicted molar refractivity (Wildman–Crippen MR) is 124 cm³/mol. The van der Waals surface area contributed by atoms with Crippen LogP contribution in [0.2, 0.25) is 0 Å². The first-order valence-electron chi connectivity index (χ1n) is 12.0. The summed E-state index contributed by atoms with van der Waals surface area (Å²) < 4.78 is 11.9. The molecule has 7 heteroatoms. The van der Waals surface area contributed by atoms with Gasteiger partial charge >= 0.3 is 0 Å². The van der Waals surface area contributed by atoms with Crippen LogP contribution in [0.5, 0.6) is 0 Å². The van der Waals surface area contributed by atoms with Crippen LogP contribution in [0.4, 0.5) is 0 Å². The number of carbonyl (C=O) groups is 2. The van der Waals surface area contributed by atoms with E-state index in [1.165, 1.54) is 17.5 Å². The van der Waals surface area contributed by atoms with Crippen molar-refractivity contribution in [2.24, 2.45) is 5.92 Å². The molecule has 4 heterocycles. The molecule has 0 spiro atoms. The monoisotopic (exact) mass is 454 g/mol. The topological polar surface area (TPSA) is 83.2 Å². The van der Waals surface area contributed by atoms with Gasteiger partial charge in [0.05, 0.1) is 6.54 Å². The number of nitrogens with zero attached hydrogens (tertiary/aromatic N) is 2. The van der Waals surface area contributed by atoms with Gasteiger partial charge in [-0.15, -0.1) is 0 Å². The summed E-state index contributed by atoms with van der Waals surface area (Å²) in [7, 11) is 0. The lowest BCUT2D eigenvalue weighted by Gasteiger charge is -2.36. The first-order valence-corrected chi connectivity index (χ1v) is 12.0. The van der Waals surface area contributed by atoms with Gasteiger partial charge in [0.2, 0.25) is 5.91 Å². The molecule has 1 atom stereocenters. The number of fused-ring (bicyclic) bond motifs is 1. The minimum Gasteiger partial charge on any atom is -0.483 e. The summed E-state index contributed by atoms with van der Waals surface area (Å²) in [5, 5.41) is 6.89. The lowest BCUT2D eigenvalue weighted by Crippen LogP contribution is -2.44. The van der Waals surface area contributed by atoms with E-state index in [0.29, 0.717) is 5.91 Å². The van der Waals surface area contributed by atoms with Crippen molar-refractivity contribution in [3.63, 3.8) is 0 Å². The van der Waals surface area contributed by atoms with Crippen LogP contribution in [-0.4, -0.2) is 53.5 Å². The average Bonchev–Trinajstić information content (AvgIpc) is 3.33. The van der Waals surface area contributed by atoms with Crippen LogP contribution >= 0.6 is 0 Å². The fraction of sp³-hybridized carbons (Fsp3) is 0.538. The molecule has 2 aromatic rings. The standard InChI is InChI=1S/C25H32N2O3.CH2O2/c28-25(27-15-12-19-5-1-2-6-21(19)17-27)20-10-13-26(14-11-20)18-22-8-9-24(30-22)23-7-3-4-16-29-23;2-1-3/h1-2,5-6,8-9,20,23H,3-4,7,10-18H2;1H,(H,2,3). The van der Waals surface area contributed by atoms with Crippen molar-refractivity contribution in [1.82, 2.24) is 9.80 Å². The number of carboxylic acid groups (broad SMARTS) is 1. The van der Waals surface area contributed by atoms with E-state index in [4.69, 9.17) is 19.1 Å². The van der Waals surface area contributed by atoms with Gasteiger partial charge in [-0.1, -0.05) is 24.3 Å². The molecule has 0 radical (unpaired) electrons. The fourth-order valence-corrected chi connectivity index (χ4v) is 5.12. The number of piperidine rings is 1. The summed E-state index contributed by atoms with van der Waals surface area (Å²) in [6.07, 6.45) is 6.41. The van der Waals surface area contributed by atoms with Gasteiger partial charge in [-0.25, -0.2) is 0 Å². The van der Waals surface area contributed by atoms with Gasteiger partial charge in [-0.05, 0) is 74.9 Å². The van der Waals surface area contributed by atoms with Crippen molar-refractivity contribution in [3.05, 3.63) is 59.0 Å². The Hall–Kier alpha value is -2.64. The second kappa shape index (κ2) is 11.5. The van der Waals surface area contributed by atoms with Crippen LogP contribution in [0.15, 0.2) is 40.8 Å². The molecule has 1 N–H and O–H groups in total. The molecule has 7 nitrogen and oxygen atoms in total. The van der Waals surface area contributed by atoms with E-state index >= 15 is 0 Å². The molecule has 0 saturated carbocycles. The Morgan fingerprint density at radius 2 is 1.79 bits per heavy atom. The first kappa shape index (κ1) is 23.5. The maximum Gasteiger partial charge on any atom is 0.290 e. The van der Waals surface area contributed by atoms with Crippen LogP contribution < -0.4 is 0 Å². The van der Waals surface area contributed by atoms with E-state index in [1.807, 2.05) is 0 Å². The van der Waals surface area contributed by atoms with Crippen molar-refractivity contribution in [1.29, 1.82) is 0 Å².